The summed E-state index contributed by atoms with van der Waals surface area (Å²) in [6.07, 6.45) is 0.525. The Morgan fingerprint density at radius 2 is 2.08 bits per heavy atom. The van der Waals surface area contributed by atoms with E-state index in [0.717, 1.165) is 12.1 Å². The second-order valence-corrected chi connectivity index (χ2v) is 7.76. The highest BCUT2D eigenvalue weighted by molar-refractivity contribution is 5.94. The second kappa shape index (κ2) is 7.21. The third-order valence-corrected chi connectivity index (χ3v) is 4.98. The number of carbonyl (C=O) groups excluding carboxylic acids is 1. The Hall–Kier alpha value is -1.43. The Morgan fingerprint density at radius 3 is 2.67 bits per heavy atom. The first kappa shape index (κ1) is 18.9. The first-order chi connectivity index (χ1) is 11.2. The van der Waals surface area contributed by atoms with E-state index in [1.54, 1.807) is 7.11 Å². The van der Waals surface area contributed by atoms with Crippen LogP contribution in [0.2, 0.25) is 0 Å². The fourth-order valence-electron chi connectivity index (χ4n) is 3.39. The van der Waals surface area contributed by atoms with Gasteiger partial charge in [-0.3, -0.25) is 4.79 Å². The number of piperidine rings is 1. The molecule has 1 aliphatic rings. The standard InChI is InChI=1S/C19H30N2O3/c1-18(2)13-21(10-9-19(18,23)14-24-5)17(22)16-8-6-7-15(11-16)12-20(3)4/h6-8,11,23H,9-10,12-14H2,1-5H3. The number of hydrogen-bond donors (Lipinski definition) is 1. The van der Waals surface area contributed by atoms with E-state index in [2.05, 4.69) is 4.90 Å². The van der Waals surface area contributed by atoms with Gasteiger partial charge in [-0.2, -0.15) is 0 Å². The molecule has 1 unspecified atom stereocenters. The van der Waals surface area contributed by atoms with Gasteiger partial charge in [0.05, 0.1) is 12.2 Å². The Kier molecular flexibility index (Phi) is 5.68. The van der Waals surface area contributed by atoms with Crippen molar-refractivity contribution < 1.29 is 14.6 Å². The molecular formula is C19H30N2O3. The molecule has 1 fully saturated rings. The summed E-state index contributed by atoms with van der Waals surface area (Å²) in [5, 5.41) is 10.8. The molecule has 1 atom stereocenters. The van der Waals surface area contributed by atoms with Gasteiger partial charge in [0.15, 0.2) is 0 Å². The molecule has 1 amide bonds. The lowest BCUT2D eigenvalue weighted by molar-refractivity contribution is -0.144. The van der Waals surface area contributed by atoms with Crippen LogP contribution < -0.4 is 0 Å². The fourth-order valence-corrected chi connectivity index (χ4v) is 3.39. The van der Waals surface area contributed by atoms with Crippen molar-refractivity contribution in [1.82, 2.24) is 9.80 Å². The summed E-state index contributed by atoms with van der Waals surface area (Å²) in [5.74, 6) is 0.0307. The van der Waals surface area contributed by atoms with Gasteiger partial charge in [0.2, 0.25) is 0 Å². The van der Waals surface area contributed by atoms with E-state index in [0.29, 0.717) is 31.7 Å². The van der Waals surface area contributed by atoms with E-state index in [1.807, 2.05) is 57.1 Å². The lowest BCUT2D eigenvalue weighted by Crippen LogP contribution is -2.60. The number of ether oxygens (including phenoxy) is 1. The summed E-state index contributed by atoms with van der Waals surface area (Å²) >= 11 is 0. The SMILES string of the molecule is COCC1(O)CCN(C(=O)c2cccc(CN(C)C)c2)CC1(C)C. The monoisotopic (exact) mass is 334 g/mol. The average Bonchev–Trinajstić information content (AvgIpc) is 2.49. The van der Waals surface area contributed by atoms with Crippen LogP contribution >= 0.6 is 0 Å². The van der Waals surface area contributed by atoms with Crippen LogP contribution in [-0.2, 0) is 11.3 Å². The first-order valence-corrected chi connectivity index (χ1v) is 8.43. The minimum Gasteiger partial charge on any atom is -0.387 e. The zero-order valence-corrected chi connectivity index (χ0v) is 15.5. The number of rotatable bonds is 5. The maximum Gasteiger partial charge on any atom is 0.253 e. The van der Waals surface area contributed by atoms with E-state index in [-0.39, 0.29) is 5.91 Å². The summed E-state index contributed by atoms with van der Waals surface area (Å²) in [6.45, 7) is 6.14. The molecule has 0 aromatic heterocycles. The van der Waals surface area contributed by atoms with E-state index in [4.69, 9.17) is 4.74 Å². The van der Waals surface area contributed by atoms with E-state index in [9.17, 15) is 9.90 Å². The molecule has 0 spiro atoms. The zero-order valence-electron chi connectivity index (χ0n) is 15.5. The smallest absolute Gasteiger partial charge is 0.253 e. The molecule has 1 aliphatic heterocycles. The molecule has 1 aromatic rings. The zero-order chi connectivity index (χ0) is 18.0. The number of nitrogens with zero attached hydrogens (tertiary/aromatic N) is 2. The molecule has 1 aromatic carbocycles. The van der Waals surface area contributed by atoms with Crippen molar-refractivity contribution in [3.05, 3.63) is 35.4 Å². The number of likely N-dealkylation sites (tertiary alicyclic amines) is 1. The van der Waals surface area contributed by atoms with Gasteiger partial charge >= 0.3 is 0 Å². The van der Waals surface area contributed by atoms with Crippen LogP contribution in [0.1, 0.15) is 36.2 Å². The van der Waals surface area contributed by atoms with Crippen molar-refractivity contribution in [2.24, 2.45) is 5.41 Å². The summed E-state index contributed by atoms with van der Waals surface area (Å²) in [5.41, 5.74) is 0.518. The van der Waals surface area contributed by atoms with Gasteiger partial charge in [-0.1, -0.05) is 26.0 Å². The number of carbonyl (C=O) groups is 1. The van der Waals surface area contributed by atoms with Crippen molar-refractivity contribution >= 4 is 5.91 Å². The number of aliphatic hydroxyl groups is 1. The van der Waals surface area contributed by atoms with Crippen LogP contribution in [0.15, 0.2) is 24.3 Å². The van der Waals surface area contributed by atoms with Crippen LogP contribution in [0.5, 0.6) is 0 Å². The number of methoxy groups -OCH3 is 1. The van der Waals surface area contributed by atoms with Gasteiger partial charge in [0.25, 0.3) is 5.91 Å². The summed E-state index contributed by atoms with van der Waals surface area (Å²) in [4.78, 5) is 16.8. The third-order valence-electron chi connectivity index (χ3n) is 4.98. The quantitative estimate of drug-likeness (QED) is 0.895. The molecule has 24 heavy (non-hydrogen) atoms. The normalized spacial score (nSPS) is 23.5. The maximum absolute atomic E-state index is 12.9. The van der Waals surface area contributed by atoms with Crippen LogP contribution in [0.4, 0.5) is 0 Å². The van der Waals surface area contributed by atoms with Crippen LogP contribution in [0.3, 0.4) is 0 Å². The molecule has 134 valence electrons. The molecule has 0 saturated carbocycles. The largest absolute Gasteiger partial charge is 0.387 e. The highest BCUT2D eigenvalue weighted by atomic mass is 16.5. The molecule has 2 rings (SSSR count). The third kappa shape index (κ3) is 3.97. The van der Waals surface area contributed by atoms with Crippen LogP contribution in [-0.4, -0.2) is 67.3 Å². The second-order valence-electron chi connectivity index (χ2n) is 7.76. The molecule has 1 N–H and O–H groups in total. The summed E-state index contributed by atoms with van der Waals surface area (Å²) < 4.78 is 5.19. The highest BCUT2D eigenvalue weighted by Crippen LogP contribution is 2.39. The molecule has 5 nitrogen and oxygen atoms in total. The first-order valence-electron chi connectivity index (χ1n) is 8.43. The minimum atomic E-state index is -0.898. The Balaban J connectivity index is 2.14. The average molecular weight is 334 g/mol. The van der Waals surface area contributed by atoms with Crippen LogP contribution in [0.25, 0.3) is 0 Å². The van der Waals surface area contributed by atoms with E-state index < -0.39 is 11.0 Å². The van der Waals surface area contributed by atoms with Crippen molar-refractivity contribution in [1.29, 1.82) is 0 Å². The molecule has 5 heteroatoms. The van der Waals surface area contributed by atoms with Gasteiger partial charge in [0, 0.05) is 37.7 Å². The van der Waals surface area contributed by atoms with Gasteiger partial charge in [0.1, 0.15) is 0 Å². The Bertz CT molecular complexity index is 586. The predicted octanol–water partition coefficient (Wildman–Crippen LogP) is 2.00. The highest BCUT2D eigenvalue weighted by Gasteiger charge is 2.48. The minimum absolute atomic E-state index is 0.0307. The summed E-state index contributed by atoms with van der Waals surface area (Å²) in [6, 6.07) is 7.80. The Labute approximate surface area is 145 Å². The molecular weight excluding hydrogens is 304 g/mol. The number of hydrogen-bond acceptors (Lipinski definition) is 4. The van der Waals surface area contributed by atoms with Gasteiger partial charge < -0.3 is 19.6 Å². The Morgan fingerprint density at radius 1 is 1.38 bits per heavy atom. The van der Waals surface area contributed by atoms with E-state index >= 15 is 0 Å². The topological polar surface area (TPSA) is 53.0 Å². The van der Waals surface area contributed by atoms with Gasteiger partial charge in [-0.25, -0.2) is 0 Å². The molecule has 1 saturated heterocycles. The van der Waals surface area contributed by atoms with Crippen LogP contribution in [0, 0.1) is 5.41 Å². The van der Waals surface area contributed by atoms with Gasteiger partial charge in [-0.15, -0.1) is 0 Å². The molecule has 0 bridgehead atoms. The number of benzene rings is 1. The maximum atomic E-state index is 12.9. The molecule has 1 heterocycles. The molecule has 0 aliphatic carbocycles. The van der Waals surface area contributed by atoms with Crippen molar-refractivity contribution in [3.8, 4) is 0 Å². The van der Waals surface area contributed by atoms with Crippen molar-refractivity contribution in [2.45, 2.75) is 32.4 Å². The lowest BCUT2D eigenvalue weighted by atomic mass is 9.70. The number of amides is 1. The predicted molar refractivity (Wildman–Crippen MR) is 95.0 cm³/mol. The summed E-state index contributed by atoms with van der Waals surface area (Å²) in [7, 11) is 5.62. The lowest BCUT2D eigenvalue weighted by Gasteiger charge is -2.50. The van der Waals surface area contributed by atoms with Gasteiger partial charge in [-0.05, 0) is 38.2 Å². The van der Waals surface area contributed by atoms with Crippen molar-refractivity contribution in [3.63, 3.8) is 0 Å². The van der Waals surface area contributed by atoms with Crippen molar-refractivity contribution in [2.75, 3.05) is 40.9 Å². The van der Waals surface area contributed by atoms with E-state index in [1.165, 1.54) is 0 Å². The molecule has 0 radical (unpaired) electrons. The fraction of sp³-hybridized carbons (Fsp3) is 0.632.